The van der Waals surface area contributed by atoms with Gasteiger partial charge in [-0.15, -0.1) is 0 Å². The summed E-state index contributed by atoms with van der Waals surface area (Å²) in [6.07, 6.45) is -8.28. The van der Waals surface area contributed by atoms with E-state index >= 15 is 4.39 Å². The Morgan fingerprint density at radius 1 is 1.07 bits per heavy atom. The Morgan fingerprint density at radius 2 is 1.80 bits per heavy atom. The number of halogens is 2. The number of aliphatic hydroxyl groups excluding tert-OH is 1. The molecule has 18 nitrogen and oxygen atoms in total. The van der Waals surface area contributed by atoms with Gasteiger partial charge in [-0.3, -0.25) is 22.9 Å². The van der Waals surface area contributed by atoms with Crippen molar-refractivity contribution in [3.63, 3.8) is 0 Å². The standard InChI is InChI=1S/C21H22F2N8O10P2S2.Na/c22-7-1-30(17-10(7)19(33)28-5-26-17)21-15-13(32)8(38-21)2-36-42(34,44)40-14-9(3-37-43(35,45)41-15)39-20(11(14)23)31-6-29-12-16(24)25-4-27-18(12)31;/h1,4-6,8-9,11,13-15,20-21,32H,2-3H2,(H,34,44)(H,35,45)(H2,24,25,27)(H,26,28,33);/t8-,9-,11-,13?,14-,15-,20-,21-,42?,43?;/m1./s1. The molecule has 7 heterocycles. The zero-order valence-electron chi connectivity index (χ0n) is 23.3. The quantitative estimate of drug-likeness (QED) is 0.107. The van der Waals surface area contributed by atoms with Crippen LogP contribution in [0.2, 0.25) is 0 Å². The molecule has 4 aromatic heterocycles. The third-order valence-electron chi connectivity index (χ3n) is 7.40. The molecule has 0 aliphatic carbocycles. The Labute approximate surface area is 288 Å². The number of ether oxygens (including phenoxy) is 2. The van der Waals surface area contributed by atoms with Gasteiger partial charge in [0.2, 0.25) is 0 Å². The van der Waals surface area contributed by atoms with E-state index in [0.717, 1.165) is 23.4 Å². The van der Waals surface area contributed by atoms with E-state index in [1.807, 2.05) is 0 Å². The van der Waals surface area contributed by atoms with Crippen molar-refractivity contribution in [3.8, 4) is 0 Å². The smallest absolute Gasteiger partial charge is 0.386 e. The van der Waals surface area contributed by atoms with Crippen LogP contribution in [-0.2, 0) is 43.9 Å². The second-order valence-corrected chi connectivity index (χ2v) is 15.8. The number of aromatic nitrogens is 7. The largest absolute Gasteiger partial charge is 0.387 e. The van der Waals surface area contributed by atoms with E-state index in [4.69, 9.17) is 45.1 Å². The molecule has 25 heteroatoms. The number of hydrogen-bond donors (Lipinski definition) is 5. The maximum absolute atomic E-state index is 16.0. The summed E-state index contributed by atoms with van der Waals surface area (Å²) in [6, 6.07) is 0. The molecule has 0 saturated carbocycles. The number of nitrogens with two attached hydrogens (primary N) is 1. The maximum Gasteiger partial charge on any atom is 0.386 e. The third kappa shape index (κ3) is 6.12. The number of aliphatic hydroxyl groups is 1. The van der Waals surface area contributed by atoms with Crippen LogP contribution in [0.4, 0.5) is 14.6 Å². The number of alkyl halides is 1. The summed E-state index contributed by atoms with van der Waals surface area (Å²) in [4.78, 5) is 41.4. The molecule has 4 aromatic rings. The summed E-state index contributed by atoms with van der Waals surface area (Å²) in [5.74, 6) is -0.924. The molecule has 0 spiro atoms. The molecule has 3 aliphatic heterocycles. The molecule has 3 unspecified atom stereocenters. The van der Waals surface area contributed by atoms with Crippen LogP contribution in [0.1, 0.15) is 12.5 Å². The number of rotatable bonds is 2. The zero-order chi connectivity index (χ0) is 31.8. The summed E-state index contributed by atoms with van der Waals surface area (Å²) in [6.45, 7) is -10.1. The first-order chi connectivity index (χ1) is 21.3. The number of nitrogens with zero attached hydrogens (tertiary/aromatic N) is 6. The van der Waals surface area contributed by atoms with Gasteiger partial charge in [-0.25, -0.2) is 33.3 Å². The fraction of sp³-hybridized carbons (Fsp3) is 0.476. The molecule has 10 atom stereocenters. The van der Waals surface area contributed by atoms with Gasteiger partial charge in [-0.2, -0.15) is 0 Å². The molecule has 243 valence electrons. The number of aromatic amines is 1. The first-order valence-corrected chi connectivity index (χ1v) is 18.2. The molecule has 0 aromatic carbocycles. The second kappa shape index (κ2) is 12.8. The minimum atomic E-state index is -4.46. The molecular formula is C21H22F2N8NaO10P2S2. The predicted octanol–water partition coefficient (Wildman–Crippen LogP) is 0.471. The molecule has 2 bridgehead atoms. The van der Waals surface area contributed by atoms with Crippen molar-refractivity contribution in [2.24, 2.45) is 0 Å². The van der Waals surface area contributed by atoms with Gasteiger partial charge in [-0.1, -0.05) is 12.2 Å². The maximum atomic E-state index is 16.0. The Morgan fingerprint density at radius 3 is 2.59 bits per heavy atom. The normalized spacial score (nSPS) is 36.9. The van der Waals surface area contributed by atoms with E-state index in [0.29, 0.717) is 0 Å². The van der Waals surface area contributed by atoms with E-state index in [1.165, 1.54) is 10.9 Å². The van der Waals surface area contributed by atoms with Crippen LogP contribution < -0.4 is 11.3 Å². The van der Waals surface area contributed by atoms with E-state index in [2.05, 4.69) is 37.2 Å². The number of hydrogen-bond acceptors (Lipinski definition) is 15. The Bertz CT molecular complexity index is 1960. The SMILES string of the molecule is Nc1ncnc2c1ncn2[C@@H]1O[C@@H]2COP(=O)(S)O[C@@H]3C(O)[C@@H](COP(O)(=S)O[C@H]2[C@H]1F)O[C@H]3n1cc(F)c2c(=O)[nH]cnc21.[Na]. The molecule has 1 radical (unpaired) electrons. The molecular weight excluding hydrogens is 711 g/mol. The molecule has 46 heavy (non-hydrogen) atoms. The Hall–Kier alpha value is -1.46. The van der Waals surface area contributed by atoms with Gasteiger partial charge in [0.25, 0.3) is 5.56 Å². The first-order valence-electron chi connectivity index (χ1n) is 12.9. The van der Waals surface area contributed by atoms with Gasteiger partial charge in [0, 0.05) is 35.8 Å². The van der Waals surface area contributed by atoms with Crippen LogP contribution in [0.25, 0.3) is 22.2 Å². The Kier molecular flexibility index (Phi) is 9.55. The van der Waals surface area contributed by atoms with E-state index in [1.54, 1.807) is 0 Å². The van der Waals surface area contributed by atoms with Crippen LogP contribution >= 0.6 is 25.8 Å². The van der Waals surface area contributed by atoms with Gasteiger partial charge < -0.3 is 39.3 Å². The van der Waals surface area contributed by atoms with E-state index < -0.39 is 92.6 Å². The average molecular weight is 734 g/mol. The van der Waals surface area contributed by atoms with Crippen molar-refractivity contribution in [2.75, 3.05) is 18.9 Å². The molecule has 3 saturated heterocycles. The minimum absolute atomic E-state index is 0. The summed E-state index contributed by atoms with van der Waals surface area (Å²) in [5.41, 5.74) is 5.17. The molecule has 7 rings (SSSR count). The average Bonchev–Trinajstić information content (AvgIpc) is 3.71. The number of H-pyrrole nitrogens is 1. The summed E-state index contributed by atoms with van der Waals surface area (Å²) >= 11 is 9.15. The number of nitrogen functional groups attached to an aromatic ring is 1. The number of imidazole rings is 1. The second-order valence-electron chi connectivity index (χ2n) is 10.1. The van der Waals surface area contributed by atoms with Crippen molar-refractivity contribution in [3.05, 3.63) is 41.3 Å². The summed E-state index contributed by atoms with van der Waals surface area (Å²) in [5, 5.41) is 10.7. The number of thiol groups is 1. The van der Waals surface area contributed by atoms with Gasteiger partial charge in [0.15, 0.2) is 41.6 Å². The number of fused-ring (bicyclic) bond motifs is 5. The van der Waals surface area contributed by atoms with Crippen LogP contribution in [0, 0.1) is 5.82 Å². The van der Waals surface area contributed by atoms with Gasteiger partial charge >= 0.3 is 13.5 Å². The topological polar surface area (TPSA) is 233 Å². The Balaban J connectivity index is 0.00000372. The van der Waals surface area contributed by atoms with Crippen molar-refractivity contribution < 1.29 is 50.9 Å². The van der Waals surface area contributed by atoms with Gasteiger partial charge in [0.1, 0.15) is 47.8 Å². The van der Waals surface area contributed by atoms with Crippen LogP contribution in [0.5, 0.6) is 0 Å². The van der Waals surface area contributed by atoms with Gasteiger partial charge in [0.05, 0.1) is 25.9 Å². The van der Waals surface area contributed by atoms with Crippen LogP contribution in [0.3, 0.4) is 0 Å². The third-order valence-corrected chi connectivity index (χ3v) is 10.6. The fourth-order valence-electron chi connectivity index (χ4n) is 5.37. The number of nitrogens with one attached hydrogen (secondary N) is 1. The van der Waals surface area contributed by atoms with Crippen LogP contribution in [-0.4, -0.2) is 124 Å². The molecule has 3 aliphatic rings. The molecule has 5 N–H and O–H groups in total. The monoisotopic (exact) mass is 733 g/mol. The molecule has 3 fully saturated rings. The van der Waals surface area contributed by atoms with E-state index in [9.17, 15) is 23.7 Å². The summed E-state index contributed by atoms with van der Waals surface area (Å²) in [7, 11) is 0. The number of anilines is 1. The zero-order valence-corrected chi connectivity index (χ0v) is 28.8. The van der Waals surface area contributed by atoms with Crippen molar-refractivity contribution in [1.29, 1.82) is 0 Å². The van der Waals surface area contributed by atoms with Crippen molar-refractivity contribution >= 4 is 95.1 Å². The van der Waals surface area contributed by atoms with Crippen molar-refractivity contribution in [1.82, 2.24) is 34.1 Å². The first kappa shape index (κ1) is 34.4. The minimum Gasteiger partial charge on any atom is -0.387 e. The van der Waals surface area contributed by atoms with Gasteiger partial charge in [-0.05, 0) is 11.8 Å². The van der Waals surface area contributed by atoms with Crippen LogP contribution in [0.15, 0.2) is 30.0 Å². The fourth-order valence-corrected chi connectivity index (χ4v) is 8.27. The van der Waals surface area contributed by atoms with E-state index in [-0.39, 0.29) is 52.2 Å². The predicted molar refractivity (Wildman–Crippen MR) is 159 cm³/mol. The summed E-state index contributed by atoms with van der Waals surface area (Å²) < 4.78 is 80.2. The molecule has 0 amide bonds. The van der Waals surface area contributed by atoms with Crippen molar-refractivity contribution in [2.45, 2.75) is 49.1 Å².